The van der Waals surface area contributed by atoms with Crippen LogP contribution in [0.5, 0.6) is 0 Å². The summed E-state index contributed by atoms with van der Waals surface area (Å²) in [6.07, 6.45) is 0.834. The molecule has 0 N–H and O–H groups in total. The van der Waals surface area contributed by atoms with E-state index in [-0.39, 0.29) is 0 Å². The predicted octanol–water partition coefficient (Wildman–Crippen LogP) is 15.8. The Hall–Kier alpha value is -7.00. The molecule has 0 radical (unpaired) electrons. The summed E-state index contributed by atoms with van der Waals surface area (Å²) in [5.74, 6) is 0. The molecule has 2 heteroatoms. The molecule has 0 aliphatic heterocycles. The Morgan fingerprint density at radius 3 is 1.61 bits per heavy atom. The second kappa shape index (κ2) is 13.9. The summed E-state index contributed by atoms with van der Waals surface area (Å²) in [5.41, 5.74) is 18.4. The molecule has 0 saturated heterocycles. The first-order valence-electron chi connectivity index (χ1n) is 19.6. The van der Waals surface area contributed by atoms with Gasteiger partial charge in [-0.2, -0.15) is 0 Å². The van der Waals surface area contributed by atoms with Gasteiger partial charge in [-0.05, 0) is 74.3 Å². The summed E-state index contributed by atoms with van der Waals surface area (Å²) < 4.78 is 2.56. The SMILES string of the molecule is c1ccc(-c2ccccc2N(c2c3c(cc(-c4ccccc4)c2-c2ccccc2)-c2ccccc2C3)c2c(-c3ccccc3)ccc3sc4ccccc4c23)cc1. The minimum atomic E-state index is 0.834. The number of thiophene rings is 1. The van der Waals surface area contributed by atoms with E-state index in [4.69, 9.17) is 0 Å². The lowest BCUT2D eigenvalue weighted by Gasteiger charge is -2.35. The van der Waals surface area contributed by atoms with Gasteiger partial charge in [-0.1, -0.05) is 188 Å². The summed E-state index contributed by atoms with van der Waals surface area (Å²) in [6, 6.07) is 78.1. The Bertz CT molecular complexity index is 3070. The van der Waals surface area contributed by atoms with E-state index >= 15 is 0 Å². The van der Waals surface area contributed by atoms with Gasteiger partial charge in [0.2, 0.25) is 0 Å². The molecule has 1 aliphatic carbocycles. The van der Waals surface area contributed by atoms with Crippen molar-refractivity contribution in [2.24, 2.45) is 0 Å². The van der Waals surface area contributed by atoms with Crippen LogP contribution in [0.4, 0.5) is 17.1 Å². The van der Waals surface area contributed by atoms with Crippen molar-refractivity contribution in [3.05, 3.63) is 223 Å². The van der Waals surface area contributed by atoms with Crippen LogP contribution in [-0.4, -0.2) is 0 Å². The Morgan fingerprint density at radius 2 is 0.912 bits per heavy atom. The van der Waals surface area contributed by atoms with Crippen LogP contribution in [0.2, 0.25) is 0 Å². The average Bonchev–Trinajstić information content (AvgIpc) is 3.86. The number of nitrogens with zero attached hydrogens (tertiary/aromatic N) is 1. The van der Waals surface area contributed by atoms with E-state index in [1.807, 2.05) is 11.3 Å². The van der Waals surface area contributed by atoms with E-state index in [0.717, 1.165) is 12.1 Å². The minimum absolute atomic E-state index is 0.834. The smallest absolute Gasteiger partial charge is 0.0633 e. The van der Waals surface area contributed by atoms with E-state index in [2.05, 4.69) is 217 Å². The Labute approximate surface area is 337 Å². The van der Waals surface area contributed by atoms with E-state index in [9.17, 15) is 0 Å². The molecule has 0 atom stereocenters. The van der Waals surface area contributed by atoms with Gasteiger partial charge in [-0.25, -0.2) is 0 Å². The lowest BCUT2D eigenvalue weighted by atomic mass is 9.86. The van der Waals surface area contributed by atoms with Gasteiger partial charge in [0.25, 0.3) is 0 Å². The first-order chi connectivity index (χ1) is 28.3. The molecule has 1 aliphatic rings. The lowest BCUT2D eigenvalue weighted by Crippen LogP contribution is -2.16. The lowest BCUT2D eigenvalue weighted by molar-refractivity contribution is 1.21. The quantitative estimate of drug-likeness (QED) is 0.157. The zero-order chi connectivity index (χ0) is 37.7. The fraction of sp³-hybridized carbons (Fsp3) is 0.0182. The van der Waals surface area contributed by atoms with Crippen molar-refractivity contribution in [1.82, 2.24) is 0 Å². The molecule has 57 heavy (non-hydrogen) atoms. The molecule has 0 spiro atoms. The van der Waals surface area contributed by atoms with Crippen molar-refractivity contribution in [3.8, 4) is 55.6 Å². The van der Waals surface area contributed by atoms with E-state index < -0.39 is 0 Å². The summed E-state index contributed by atoms with van der Waals surface area (Å²) in [7, 11) is 0. The van der Waals surface area contributed by atoms with Gasteiger partial charge in [0.15, 0.2) is 0 Å². The highest BCUT2D eigenvalue weighted by Gasteiger charge is 2.34. The third kappa shape index (κ3) is 5.60. The second-order valence-corrected chi connectivity index (χ2v) is 15.8. The highest BCUT2D eigenvalue weighted by atomic mass is 32.1. The molecule has 268 valence electrons. The first-order valence-corrected chi connectivity index (χ1v) is 20.5. The van der Waals surface area contributed by atoms with Crippen LogP contribution in [0.3, 0.4) is 0 Å². The van der Waals surface area contributed by atoms with Gasteiger partial charge in [0.1, 0.15) is 0 Å². The number of fused-ring (bicyclic) bond motifs is 6. The van der Waals surface area contributed by atoms with Gasteiger partial charge in [0.05, 0.1) is 17.1 Å². The Kier molecular flexibility index (Phi) is 8.15. The van der Waals surface area contributed by atoms with Gasteiger partial charge < -0.3 is 4.90 Å². The molecule has 11 rings (SSSR count). The maximum atomic E-state index is 2.67. The van der Waals surface area contributed by atoms with Crippen molar-refractivity contribution in [1.29, 1.82) is 0 Å². The zero-order valence-electron chi connectivity index (χ0n) is 31.3. The molecule has 0 bridgehead atoms. The van der Waals surface area contributed by atoms with Gasteiger partial charge >= 0.3 is 0 Å². The third-order valence-electron chi connectivity index (χ3n) is 11.5. The second-order valence-electron chi connectivity index (χ2n) is 14.8. The third-order valence-corrected chi connectivity index (χ3v) is 12.6. The predicted molar refractivity (Wildman–Crippen MR) is 244 cm³/mol. The number of anilines is 3. The summed E-state index contributed by atoms with van der Waals surface area (Å²) >= 11 is 1.88. The first kappa shape index (κ1) is 33.3. The number of para-hydroxylation sites is 1. The molecule has 9 aromatic carbocycles. The standard InChI is InChI=1S/C55H37NS/c1-5-19-37(20-6-1)43-29-15-17-31-49(43)56(54-44(38-21-7-2-8-22-38)33-34-51-53(54)45-30-16-18-32-50(45)57-51)55-48-35-41-27-13-14-28-42(41)47(48)36-46(39-23-9-3-10-24-39)52(55)40-25-11-4-12-26-40/h1-34,36H,35H2. The number of hydrogen-bond acceptors (Lipinski definition) is 2. The van der Waals surface area contributed by atoms with Crippen molar-refractivity contribution < 1.29 is 0 Å². The van der Waals surface area contributed by atoms with Crippen LogP contribution in [0.1, 0.15) is 11.1 Å². The Morgan fingerprint density at radius 1 is 0.368 bits per heavy atom. The summed E-state index contributed by atoms with van der Waals surface area (Å²) in [6.45, 7) is 0. The van der Waals surface area contributed by atoms with Gasteiger partial charge in [-0.3, -0.25) is 0 Å². The van der Waals surface area contributed by atoms with E-state index in [0.29, 0.717) is 0 Å². The normalized spacial score (nSPS) is 11.8. The molecule has 1 heterocycles. The maximum Gasteiger partial charge on any atom is 0.0633 e. The molecule has 1 aromatic heterocycles. The van der Waals surface area contributed by atoms with Crippen LogP contribution >= 0.6 is 11.3 Å². The highest BCUT2D eigenvalue weighted by molar-refractivity contribution is 7.26. The van der Waals surface area contributed by atoms with Crippen LogP contribution in [0.25, 0.3) is 75.8 Å². The number of rotatable bonds is 7. The van der Waals surface area contributed by atoms with Crippen molar-refractivity contribution in [3.63, 3.8) is 0 Å². The van der Waals surface area contributed by atoms with Gasteiger partial charge in [0, 0.05) is 43.3 Å². The number of hydrogen-bond donors (Lipinski definition) is 0. The topological polar surface area (TPSA) is 3.24 Å². The largest absolute Gasteiger partial charge is 0.308 e. The molecule has 1 nitrogen and oxygen atoms in total. The molecule has 0 fully saturated rings. The molecule has 10 aromatic rings. The van der Waals surface area contributed by atoms with Crippen LogP contribution in [0, 0.1) is 0 Å². The summed E-state index contributed by atoms with van der Waals surface area (Å²) in [4.78, 5) is 2.67. The van der Waals surface area contributed by atoms with Crippen LogP contribution < -0.4 is 4.90 Å². The molecule has 0 saturated carbocycles. The monoisotopic (exact) mass is 743 g/mol. The van der Waals surface area contributed by atoms with E-state index in [1.54, 1.807) is 0 Å². The van der Waals surface area contributed by atoms with E-state index in [1.165, 1.54) is 98.3 Å². The zero-order valence-corrected chi connectivity index (χ0v) is 32.1. The fourth-order valence-corrected chi connectivity index (χ4v) is 10.1. The average molecular weight is 744 g/mol. The van der Waals surface area contributed by atoms with Crippen molar-refractivity contribution in [2.75, 3.05) is 4.90 Å². The van der Waals surface area contributed by atoms with Crippen molar-refractivity contribution in [2.45, 2.75) is 6.42 Å². The summed E-state index contributed by atoms with van der Waals surface area (Å²) in [5, 5.41) is 2.54. The molecule has 0 amide bonds. The fourth-order valence-electron chi connectivity index (χ4n) is 9.01. The minimum Gasteiger partial charge on any atom is -0.308 e. The number of benzene rings is 9. The molecular weight excluding hydrogens is 707 g/mol. The van der Waals surface area contributed by atoms with Gasteiger partial charge in [-0.15, -0.1) is 11.3 Å². The van der Waals surface area contributed by atoms with Crippen LogP contribution in [0.15, 0.2) is 212 Å². The highest BCUT2D eigenvalue weighted by Crippen LogP contribution is 2.58. The Balaban J connectivity index is 1.39. The van der Waals surface area contributed by atoms with Crippen molar-refractivity contribution >= 4 is 48.6 Å². The molecule has 0 unspecified atom stereocenters. The maximum absolute atomic E-state index is 2.67. The molecular formula is C55H37NS. The van der Waals surface area contributed by atoms with Crippen LogP contribution in [-0.2, 0) is 6.42 Å².